The molecule has 1 unspecified atom stereocenters. The Labute approximate surface area is 361 Å². The van der Waals surface area contributed by atoms with E-state index in [2.05, 4.69) is 118 Å². The molecular weight excluding hydrogens is 917 g/mol. The van der Waals surface area contributed by atoms with Gasteiger partial charge in [-0.2, -0.15) is 0 Å². The molecule has 5 aromatic carbocycles. The average molecular weight is 965 g/mol. The van der Waals surface area contributed by atoms with Gasteiger partial charge in [0.05, 0.1) is 19.2 Å². The summed E-state index contributed by atoms with van der Waals surface area (Å²) in [5, 5.41) is 5.92. The van der Waals surface area contributed by atoms with E-state index in [4.69, 9.17) is 18.8 Å². The van der Waals surface area contributed by atoms with E-state index in [9.17, 15) is 0 Å². The molecule has 1 radical (unpaired) electrons. The summed E-state index contributed by atoms with van der Waals surface area (Å²) in [6.07, 6.45) is 12.4. The Morgan fingerprint density at radius 1 is 0.644 bits per heavy atom. The number of nitrogens with zero attached hydrogens (tertiary/aromatic N) is 2. The SMILES string of the molecule is Cc1cc(-c2[c-]ccc3c2oc2ccccc23)ncc1[Si](C)(C)C.[Ir].[c-]1ccc2c(oc3cc(-c4ccccc4)ccc32)c1-c1cc(CC2CC3CCC2CC3)ccn1. The maximum atomic E-state index is 6.46. The molecule has 0 amide bonds. The molecule has 0 N–H and O–H groups in total. The van der Waals surface area contributed by atoms with Crippen molar-refractivity contribution in [3.63, 3.8) is 0 Å². The molecule has 0 saturated heterocycles. The average Bonchev–Trinajstić information content (AvgIpc) is 3.83. The van der Waals surface area contributed by atoms with E-state index < -0.39 is 8.07 Å². The molecule has 2 bridgehead atoms. The van der Waals surface area contributed by atoms with Crippen molar-refractivity contribution in [3.05, 3.63) is 151 Å². The van der Waals surface area contributed by atoms with Gasteiger partial charge in [-0.25, -0.2) is 0 Å². The number of pyridine rings is 2. The molecule has 59 heavy (non-hydrogen) atoms. The Bertz CT molecular complexity index is 2940. The van der Waals surface area contributed by atoms with Crippen LogP contribution in [0.15, 0.2) is 136 Å². The quantitative estimate of drug-likeness (QED) is 0.123. The van der Waals surface area contributed by atoms with E-state index in [1.165, 1.54) is 66.0 Å². The number of hydrogen-bond acceptors (Lipinski definition) is 4. The summed E-state index contributed by atoms with van der Waals surface area (Å²) in [5.41, 5.74) is 12.4. The Morgan fingerprint density at radius 3 is 1.98 bits per heavy atom. The number of benzene rings is 5. The Balaban J connectivity index is 0.000000159. The van der Waals surface area contributed by atoms with Crippen molar-refractivity contribution in [2.75, 3.05) is 0 Å². The van der Waals surface area contributed by atoms with Gasteiger partial charge in [0.25, 0.3) is 0 Å². The number of aryl methyl sites for hydroxylation is 1. The van der Waals surface area contributed by atoms with Crippen molar-refractivity contribution in [1.82, 2.24) is 9.97 Å². The van der Waals surface area contributed by atoms with Crippen LogP contribution < -0.4 is 5.19 Å². The van der Waals surface area contributed by atoms with Crippen LogP contribution in [-0.2, 0) is 26.5 Å². The van der Waals surface area contributed by atoms with Gasteiger partial charge in [0.1, 0.15) is 11.2 Å². The number of hydrogen-bond donors (Lipinski definition) is 0. The van der Waals surface area contributed by atoms with E-state index in [1.54, 1.807) is 0 Å². The first-order valence-electron chi connectivity index (χ1n) is 20.9. The van der Waals surface area contributed by atoms with Crippen molar-refractivity contribution in [2.24, 2.45) is 17.8 Å². The van der Waals surface area contributed by atoms with Gasteiger partial charge in [-0.3, -0.25) is 0 Å². The first-order valence-corrected chi connectivity index (χ1v) is 24.4. The van der Waals surface area contributed by atoms with Crippen molar-refractivity contribution < 1.29 is 28.9 Å². The fourth-order valence-electron chi connectivity index (χ4n) is 9.91. The fourth-order valence-corrected chi connectivity index (χ4v) is 11.6. The van der Waals surface area contributed by atoms with Gasteiger partial charge in [0.15, 0.2) is 0 Å². The van der Waals surface area contributed by atoms with Crippen molar-refractivity contribution in [1.29, 1.82) is 0 Å². The van der Waals surface area contributed by atoms with E-state index in [0.29, 0.717) is 0 Å². The van der Waals surface area contributed by atoms with Crippen LogP contribution in [0.5, 0.6) is 0 Å². The molecule has 3 aliphatic rings. The molecule has 3 saturated carbocycles. The van der Waals surface area contributed by atoms with Crippen molar-refractivity contribution in [3.8, 4) is 33.6 Å². The number of para-hydroxylation sites is 1. The van der Waals surface area contributed by atoms with Crippen molar-refractivity contribution >= 4 is 57.1 Å². The normalized spacial score (nSPS) is 17.6. The van der Waals surface area contributed by atoms with E-state index >= 15 is 0 Å². The second-order valence-corrected chi connectivity index (χ2v) is 22.7. The van der Waals surface area contributed by atoms with Gasteiger partial charge in [0.2, 0.25) is 0 Å². The molecule has 4 nitrogen and oxygen atoms in total. The number of fused-ring (bicyclic) bond motifs is 9. The third-order valence-electron chi connectivity index (χ3n) is 12.8. The molecule has 6 heteroatoms. The van der Waals surface area contributed by atoms with Crippen LogP contribution in [0.4, 0.5) is 0 Å². The predicted octanol–water partition coefficient (Wildman–Crippen LogP) is 13.8. The summed E-state index contributed by atoms with van der Waals surface area (Å²) in [5.74, 6) is 2.73. The van der Waals surface area contributed by atoms with Gasteiger partial charge < -0.3 is 18.8 Å². The smallest absolute Gasteiger partial charge is 0.121 e. The van der Waals surface area contributed by atoms with Crippen LogP contribution in [0.2, 0.25) is 19.6 Å². The van der Waals surface area contributed by atoms with Crippen molar-refractivity contribution in [2.45, 2.75) is 65.1 Å². The summed E-state index contributed by atoms with van der Waals surface area (Å²) < 4.78 is 12.6. The van der Waals surface area contributed by atoms with Crippen LogP contribution in [0, 0.1) is 36.8 Å². The number of furan rings is 2. The molecule has 297 valence electrons. The van der Waals surface area contributed by atoms with Crippen LogP contribution in [-0.4, -0.2) is 18.0 Å². The van der Waals surface area contributed by atoms with Gasteiger partial charge >= 0.3 is 0 Å². The summed E-state index contributed by atoms with van der Waals surface area (Å²) >= 11 is 0. The topological polar surface area (TPSA) is 52.1 Å². The molecule has 3 aliphatic carbocycles. The van der Waals surface area contributed by atoms with Gasteiger partial charge in [-0.15, -0.1) is 36.4 Å². The van der Waals surface area contributed by atoms with Gasteiger partial charge in [-0.05, 0) is 96.3 Å². The minimum absolute atomic E-state index is 0. The van der Waals surface area contributed by atoms with E-state index in [0.717, 1.165) is 84.1 Å². The molecule has 4 aromatic heterocycles. The Hall–Kier alpha value is -5.13. The number of rotatable bonds is 6. The Kier molecular flexibility index (Phi) is 10.8. The Morgan fingerprint density at radius 2 is 1.31 bits per heavy atom. The first-order chi connectivity index (χ1) is 28.3. The zero-order chi connectivity index (χ0) is 39.4. The second-order valence-electron chi connectivity index (χ2n) is 17.6. The maximum absolute atomic E-state index is 6.46. The van der Waals surface area contributed by atoms with Crippen LogP contribution in [0.25, 0.3) is 77.5 Å². The maximum Gasteiger partial charge on any atom is 0.121 e. The van der Waals surface area contributed by atoms with E-state index in [1.807, 2.05) is 48.8 Å². The molecule has 1 atom stereocenters. The summed E-state index contributed by atoms with van der Waals surface area (Å²) in [7, 11) is -1.38. The molecular formula is C53H48IrN2O2Si-2. The van der Waals surface area contributed by atoms with Gasteiger partial charge in [-0.1, -0.05) is 138 Å². The first kappa shape index (κ1) is 39.3. The molecule has 3 fully saturated rings. The summed E-state index contributed by atoms with van der Waals surface area (Å²) in [6.45, 7) is 9.23. The minimum Gasteiger partial charge on any atom is -0.501 e. The van der Waals surface area contributed by atoms with Crippen LogP contribution in [0.3, 0.4) is 0 Å². The molecule has 0 aliphatic heterocycles. The van der Waals surface area contributed by atoms with Gasteiger partial charge in [0, 0.05) is 43.3 Å². The summed E-state index contributed by atoms with van der Waals surface area (Å²) in [4.78, 5) is 9.48. The molecule has 0 spiro atoms. The largest absolute Gasteiger partial charge is 0.501 e. The zero-order valence-electron chi connectivity index (χ0n) is 34.1. The predicted molar refractivity (Wildman–Crippen MR) is 242 cm³/mol. The number of aromatic nitrogens is 2. The third kappa shape index (κ3) is 7.63. The minimum atomic E-state index is -1.38. The summed E-state index contributed by atoms with van der Waals surface area (Å²) in [6, 6.07) is 46.7. The monoisotopic (exact) mass is 965 g/mol. The van der Waals surface area contributed by atoms with E-state index in [-0.39, 0.29) is 20.1 Å². The molecule has 9 aromatic rings. The molecule has 12 rings (SSSR count). The third-order valence-corrected chi connectivity index (χ3v) is 15.0. The zero-order valence-corrected chi connectivity index (χ0v) is 37.5. The second kappa shape index (κ2) is 16.1. The van der Waals surface area contributed by atoms with Crippen LogP contribution >= 0.6 is 0 Å². The fraction of sp³-hybridized carbons (Fsp3) is 0.245. The standard InChI is InChI=1S/C32H28NO.C21H20NOSi.Ir/c1-2-5-23(6-3-1)25-13-14-27-28-7-4-8-29(32(28)34-31(27)20-25)30-19-22(15-16-33-30)18-26-17-21-9-11-24(26)12-10-21;1-14-12-18(22-13-20(14)24(2,3)4)17-10-7-9-16-15-8-5-6-11-19(15)23-21(16)17;/h1-7,13-16,19-21,24,26H,9-12,17-18H2;5-9,11-13H,1-4H3;/q2*-1;. The van der Waals surface area contributed by atoms with Crippen LogP contribution in [0.1, 0.15) is 43.2 Å². The molecule has 4 heterocycles.